The summed E-state index contributed by atoms with van der Waals surface area (Å²) in [6, 6.07) is 0. The van der Waals surface area contributed by atoms with Gasteiger partial charge in [0.25, 0.3) is 0 Å². The highest BCUT2D eigenvalue weighted by atomic mass is 32.2. The molecule has 0 radical (unpaired) electrons. The lowest BCUT2D eigenvalue weighted by Crippen LogP contribution is -2.48. The SMILES string of the molecule is CSCCN(C)C(=O)C1(CN)CCCCC1. The Morgan fingerprint density at radius 1 is 1.38 bits per heavy atom. The number of rotatable bonds is 5. The van der Waals surface area contributed by atoms with E-state index in [1.165, 1.54) is 6.42 Å². The third kappa shape index (κ3) is 3.14. The highest BCUT2D eigenvalue weighted by molar-refractivity contribution is 7.98. The molecule has 0 aromatic heterocycles. The molecule has 0 bridgehead atoms. The Labute approximate surface area is 103 Å². The predicted molar refractivity (Wildman–Crippen MR) is 70.6 cm³/mol. The van der Waals surface area contributed by atoms with Gasteiger partial charge in [-0.2, -0.15) is 11.8 Å². The van der Waals surface area contributed by atoms with Crippen LogP contribution in [0.15, 0.2) is 0 Å². The van der Waals surface area contributed by atoms with Crippen molar-refractivity contribution in [2.45, 2.75) is 32.1 Å². The van der Waals surface area contributed by atoms with Gasteiger partial charge in [-0.3, -0.25) is 4.79 Å². The Kier molecular flexibility index (Phi) is 5.62. The van der Waals surface area contributed by atoms with Crippen molar-refractivity contribution in [3.05, 3.63) is 0 Å². The van der Waals surface area contributed by atoms with Crippen LogP contribution in [0.25, 0.3) is 0 Å². The largest absolute Gasteiger partial charge is 0.344 e. The normalized spacial score (nSPS) is 19.4. The lowest BCUT2D eigenvalue weighted by atomic mass is 9.73. The van der Waals surface area contributed by atoms with Crippen LogP contribution in [0.1, 0.15) is 32.1 Å². The number of carbonyl (C=O) groups excluding carboxylic acids is 1. The summed E-state index contributed by atoms with van der Waals surface area (Å²) >= 11 is 1.78. The van der Waals surface area contributed by atoms with Crippen LogP contribution in [0.3, 0.4) is 0 Å². The van der Waals surface area contributed by atoms with E-state index in [4.69, 9.17) is 5.73 Å². The van der Waals surface area contributed by atoms with E-state index in [1.54, 1.807) is 11.8 Å². The Bertz CT molecular complexity index is 227. The summed E-state index contributed by atoms with van der Waals surface area (Å²) < 4.78 is 0. The van der Waals surface area contributed by atoms with Crippen molar-refractivity contribution in [2.24, 2.45) is 11.1 Å². The van der Waals surface area contributed by atoms with E-state index >= 15 is 0 Å². The Balaban J connectivity index is 2.60. The topological polar surface area (TPSA) is 46.3 Å². The first-order valence-corrected chi connectivity index (χ1v) is 7.50. The van der Waals surface area contributed by atoms with Crippen molar-refractivity contribution in [1.82, 2.24) is 4.90 Å². The number of amides is 1. The minimum Gasteiger partial charge on any atom is -0.344 e. The number of hydrogen-bond donors (Lipinski definition) is 1. The summed E-state index contributed by atoms with van der Waals surface area (Å²) in [5.74, 6) is 1.27. The van der Waals surface area contributed by atoms with Crippen molar-refractivity contribution in [3.8, 4) is 0 Å². The van der Waals surface area contributed by atoms with E-state index in [9.17, 15) is 4.79 Å². The number of nitrogens with two attached hydrogens (primary N) is 1. The summed E-state index contributed by atoms with van der Waals surface area (Å²) in [6.45, 7) is 1.34. The van der Waals surface area contributed by atoms with Gasteiger partial charge in [0.15, 0.2) is 0 Å². The Morgan fingerprint density at radius 2 is 2.00 bits per heavy atom. The van der Waals surface area contributed by atoms with Gasteiger partial charge in [0.05, 0.1) is 5.41 Å². The highest BCUT2D eigenvalue weighted by Crippen LogP contribution is 2.36. The van der Waals surface area contributed by atoms with Crippen molar-refractivity contribution in [3.63, 3.8) is 0 Å². The van der Waals surface area contributed by atoms with Gasteiger partial charge in [-0.15, -0.1) is 0 Å². The van der Waals surface area contributed by atoms with Crippen LogP contribution >= 0.6 is 11.8 Å². The molecule has 0 aromatic carbocycles. The van der Waals surface area contributed by atoms with Crippen LogP contribution in [-0.4, -0.2) is 43.0 Å². The summed E-state index contributed by atoms with van der Waals surface area (Å²) in [7, 11) is 1.91. The van der Waals surface area contributed by atoms with E-state index < -0.39 is 0 Å². The fourth-order valence-electron chi connectivity index (χ4n) is 2.47. The summed E-state index contributed by atoms with van der Waals surface area (Å²) in [5.41, 5.74) is 5.61. The van der Waals surface area contributed by atoms with E-state index in [0.29, 0.717) is 6.54 Å². The van der Waals surface area contributed by atoms with Crippen LogP contribution in [0, 0.1) is 5.41 Å². The molecule has 0 saturated heterocycles. The molecule has 1 rings (SSSR count). The molecule has 0 spiro atoms. The molecule has 0 unspecified atom stereocenters. The first-order valence-electron chi connectivity index (χ1n) is 6.11. The zero-order chi connectivity index (χ0) is 12.0. The molecule has 2 N–H and O–H groups in total. The van der Waals surface area contributed by atoms with Gasteiger partial charge in [-0.25, -0.2) is 0 Å². The van der Waals surface area contributed by atoms with E-state index in [-0.39, 0.29) is 11.3 Å². The molecule has 1 saturated carbocycles. The maximum Gasteiger partial charge on any atom is 0.229 e. The Morgan fingerprint density at radius 3 is 2.50 bits per heavy atom. The predicted octanol–water partition coefficient (Wildman–Crippen LogP) is 1.72. The molecular weight excluding hydrogens is 220 g/mol. The Hall–Kier alpha value is -0.220. The molecule has 0 aliphatic heterocycles. The van der Waals surface area contributed by atoms with Crippen molar-refractivity contribution in [2.75, 3.05) is 32.1 Å². The fraction of sp³-hybridized carbons (Fsp3) is 0.917. The average molecular weight is 244 g/mol. The molecular formula is C12H24N2OS. The quantitative estimate of drug-likeness (QED) is 0.801. The van der Waals surface area contributed by atoms with Crippen LogP contribution < -0.4 is 5.73 Å². The maximum atomic E-state index is 12.4. The molecule has 16 heavy (non-hydrogen) atoms. The lowest BCUT2D eigenvalue weighted by Gasteiger charge is -2.37. The van der Waals surface area contributed by atoms with Gasteiger partial charge < -0.3 is 10.6 Å². The standard InChI is InChI=1S/C12H24N2OS/c1-14(8-9-16-2)11(15)12(10-13)6-4-3-5-7-12/h3-10,13H2,1-2H3. The molecule has 0 aromatic rings. The third-order valence-electron chi connectivity index (χ3n) is 3.63. The van der Waals surface area contributed by atoms with Crippen LogP contribution in [0.2, 0.25) is 0 Å². The second-order valence-corrected chi connectivity index (χ2v) is 5.75. The minimum absolute atomic E-state index is 0.245. The first-order chi connectivity index (χ1) is 7.66. The average Bonchev–Trinajstić information content (AvgIpc) is 2.35. The zero-order valence-corrected chi connectivity index (χ0v) is 11.3. The molecule has 1 aliphatic rings. The fourth-order valence-corrected chi connectivity index (χ4v) is 2.92. The van der Waals surface area contributed by atoms with Gasteiger partial charge in [-0.1, -0.05) is 19.3 Å². The van der Waals surface area contributed by atoms with E-state index in [2.05, 4.69) is 6.26 Å². The molecule has 94 valence electrons. The first kappa shape index (κ1) is 13.8. The van der Waals surface area contributed by atoms with Crippen molar-refractivity contribution < 1.29 is 4.79 Å². The van der Waals surface area contributed by atoms with Gasteiger partial charge in [-0.05, 0) is 19.1 Å². The second kappa shape index (κ2) is 6.50. The molecule has 1 aliphatic carbocycles. The number of hydrogen-bond acceptors (Lipinski definition) is 3. The summed E-state index contributed by atoms with van der Waals surface area (Å²) in [4.78, 5) is 14.3. The maximum absolute atomic E-state index is 12.4. The molecule has 1 amide bonds. The zero-order valence-electron chi connectivity index (χ0n) is 10.5. The monoisotopic (exact) mass is 244 g/mol. The van der Waals surface area contributed by atoms with E-state index in [0.717, 1.165) is 38.0 Å². The third-order valence-corrected chi connectivity index (χ3v) is 4.22. The lowest BCUT2D eigenvalue weighted by molar-refractivity contribution is -0.141. The molecule has 0 heterocycles. The number of nitrogens with zero attached hydrogens (tertiary/aromatic N) is 1. The van der Waals surface area contributed by atoms with Crippen LogP contribution in [0.5, 0.6) is 0 Å². The van der Waals surface area contributed by atoms with Crippen LogP contribution in [0.4, 0.5) is 0 Å². The van der Waals surface area contributed by atoms with E-state index in [1.807, 2.05) is 11.9 Å². The number of thioether (sulfide) groups is 1. The van der Waals surface area contributed by atoms with Gasteiger partial charge in [0.1, 0.15) is 0 Å². The summed E-state index contributed by atoms with van der Waals surface area (Å²) in [5, 5.41) is 0. The van der Waals surface area contributed by atoms with Crippen molar-refractivity contribution in [1.29, 1.82) is 0 Å². The van der Waals surface area contributed by atoms with Crippen molar-refractivity contribution >= 4 is 17.7 Å². The smallest absolute Gasteiger partial charge is 0.229 e. The molecule has 4 heteroatoms. The molecule has 0 atom stereocenters. The molecule has 3 nitrogen and oxygen atoms in total. The van der Waals surface area contributed by atoms with Gasteiger partial charge >= 0.3 is 0 Å². The number of carbonyl (C=O) groups is 1. The van der Waals surface area contributed by atoms with Gasteiger partial charge in [0, 0.05) is 25.9 Å². The molecule has 1 fully saturated rings. The van der Waals surface area contributed by atoms with Gasteiger partial charge in [0.2, 0.25) is 5.91 Å². The van der Waals surface area contributed by atoms with Crippen LogP contribution in [-0.2, 0) is 4.79 Å². The highest BCUT2D eigenvalue weighted by Gasteiger charge is 2.39. The second-order valence-electron chi connectivity index (χ2n) is 4.76. The minimum atomic E-state index is -0.245. The summed E-state index contributed by atoms with van der Waals surface area (Å²) in [6.07, 6.45) is 7.58.